The lowest BCUT2D eigenvalue weighted by Crippen LogP contribution is -2.51. The maximum Gasteiger partial charge on any atom is 0.253 e. The molecule has 188 valence electrons. The first-order valence-electron chi connectivity index (χ1n) is 12.6. The standard InChI is InChI=1S/C29H32BrN3O2S/c1-20-7-3-4-10-24(20)27-25-12-18-36-26(25)11-15-33(27)21(2)28(34)31-13-6-14-32(17-16-31)29(35)22-8-5-9-23(30)19-22/h3-5,7-10,12,18-19,21,27H,6,11,13-17H2,1-2H3. The molecule has 5 rings (SSSR count). The van der Waals surface area contributed by atoms with Crippen molar-refractivity contribution in [2.24, 2.45) is 0 Å². The van der Waals surface area contributed by atoms with E-state index in [9.17, 15) is 9.59 Å². The fourth-order valence-corrected chi connectivity index (χ4v) is 6.85. The van der Waals surface area contributed by atoms with Crippen LogP contribution in [0.25, 0.3) is 0 Å². The number of amides is 2. The molecule has 2 amide bonds. The molecule has 5 nitrogen and oxygen atoms in total. The SMILES string of the molecule is Cc1ccccc1C1c2ccsc2CCN1C(C)C(=O)N1CCCN(C(=O)c2cccc(Br)c2)CC1. The Labute approximate surface area is 225 Å². The van der Waals surface area contributed by atoms with E-state index in [0.29, 0.717) is 31.7 Å². The molecular formula is C29H32BrN3O2S. The van der Waals surface area contributed by atoms with Gasteiger partial charge < -0.3 is 9.80 Å². The van der Waals surface area contributed by atoms with Gasteiger partial charge in [-0.2, -0.15) is 0 Å². The lowest BCUT2D eigenvalue weighted by atomic mass is 9.89. The molecule has 2 aliphatic rings. The van der Waals surface area contributed by atoms with E-state index in [1.165, 1.54) is 21.6 Å². The molecule has 0 N–H and O–H groups in total. The smallest absolute Gasteiger partial charge is 0.253 e. The Kier molecular flexibility index (Phi) is 7.60. The molecule has 2 aliphatic heterocycles. The molecule has 0 radical (unpaired) electrons. The van der Waals surface area contributed by atoms with E-state index in [1.54, 1.807) is 0 Å². The Morgan fingerprint density at radius 3 is 2.53 bits per heavy atom. The molecule has 0 saturated carbocycles. The Bertz CT molecular complexity index is 1260. The second-order valence-corrected chi connectivity index (χ2v) is 11.6. The number of carbonyl (C=O) groups is 2. The third kappa shape index (κ3) is 5.01. The van der Waals surface area contributed by atoms with Crippen molar-refractivity contribution < 1.29 is 9.59 Å². The summed E-state index contributed by atoms with van der Waals surface area (Å²) in [5.41, 5.74) is 4.54. The highest BCUT2D eigenvalue weighted by Crippen LogP contribution is 2.40. The minimum Gasteiger partial charge on any atom is -0.340 e. The molecule has 2 aromatic carbocycles. The number of halogens is 1. The average molecular weight is 567 g/mol. The molecule has 7 heteroatoms. The van der Waals surface area contributed by atoms with Crippen LogP contribution in [-0.2, 0) is 11.2 Å². The quantitative estimate of drug-likeness (QED) is 0.417. The second-order valence-electron chi connectivity index (χ2n) is 9.70. The van der Waals surface area contributed by atoms with E-state index in [-0.39, 0.29) is 23.9 Å². The Morgan fingerprint density at radius 2 is 1.72 bits per heavy atom. The zero-order valence-electron chi connectivity index (χ0n) is 20.8. The average Bonchev–Trinajstić information content (AvgIpc) is 3.23. The van der Waals surface area contributed by atoms with Crippen molar-refractivity contribution in [1.82, 2.24) is 14.7 Å². The number of rotatable bonds is 4. The largest absolute Gasteiger partial charge is 0.340 e. The van der Waals surface area contributed by atoms with E-state index in [0.717, 1.165) is 23.9 Å². The monoisotopic (exact) mass is 565 g/mol. The van der Waals surface area contributed by atoms with Crippen LogP contribution in [0.4, 0.5) is 0 Å². The van der Waals surface area contributed by atoms with Crippen molar-refractivity contribution in [3.05, 3.63) is 91.6 Å². The summed E-state index contributed by atoms with van der Waals surface area (Å²) in [7, 11) is 0. The molecule has 1 saturated heterocycles. The number of nitrogens with zero attached hydrogens (tertiary/aromatic N) is 3. The van der Waals surface area contributed by atoms with Gasteiger partial charge in [-0.1, -0.05) is 46.3 Å². The van der Waals surface area contributed by atoms with Crippen molar-refractivity contribution in [1.29, 1.82) is 0 Å². The van der Waals surface area contributed by atoms with Crippen molar-refractivity contribution in [2.75, 3.05) is 32.7 Å². The van der Waals surface area contributed by atoms with Crippen molar-refractivity contribution in [2.45, 2.75) is 38.8 Å². The molecule has 2 atom stereocenters. The van der Waals surface area contributed by atoms with Crippen molar-refractivity contribution in [3.63, 3.8) is 0 Å². The van der Waals surface area contributed by atoms with Crippen molar-refractivity contribution in [3.8, 4) is 0 Å². The van der Waals surface area contributed by atoms with Gasteiger partial charge in [0.1, 0.15) is 0 Å². The first kappa shape index (κ1) is 25.2. The Hall–Kier alpha value is -2.48. The maximum atomic E-state index is 13.8. The predicted molar refractivity (Wildman–Crippen MR) is 148 cm³/mol. The summed E-state index contributed by atoms with van der Waals surface area (Å²) in [6, 6.07) is 18.1. The number of hydrogen-bond donors (Lipinski definition) is 0. The zero-order valence-corrected chi connectivity index (χ0v) is 23.2. The molecule has 0 spiro atoms. The molecule has 36 heavy (non-hydrogen) atoms. The first-order chi connectivity index (χ1) is 17.4. The summed E-state index contributed by atoms with van der Waals surface area (Å²) in [6.07, 6.45) is 1.76. The van der Waals surface area contributed by atoms with Crippen LogP contribution in [0.5, 0.6) is 0 Å². The highest BCUT2D eigenvalue weighted by Gasteiger charge is 2.37. The van der Waals surface area contributed by atoms with Crippen LogP contribution in [0.15, 0.2) is 64.5 Å². The summed E-state index contributed by atoms with van der Waals surface area (Å²) < 4.78 is 0.896. The number of aryl methyl sites for hydroxylation is 1. The van der Waals surface area contributed by atoms with E-state index in [1.807, 2.05) is 45.4 Å². The van der Waals surface area contributed by atoms with E-state index in [2.05, 4.69) is 70.4 Å². The Morgan fingerprint density at radius 1 is 0.944 bits per heavy atom. The van der Waals surface area contributed by atoms with E-state index in [4.69, 9.17) is 0 Å². The minimum absolute atomic E-state index is 0.0271. The summed E-state index contributed by atoms with van der Waals surface area (Å²) in [5.74, 6) is 0.184. The van der Waals surface area contributed by atoms with Crippen LogP contribution in [0.2, 0.25) is 0 Å². The van der Waals surface area contributed by atoms with Gasteiger partial charge in [-0.05, 0) is 73.0 Å². The van der Waals surface area contributed by atoms with Gasteiger partial charge in [-0.3, -0.25) is 14.5 Å². The highest BCUT2D eigenvalue weighted by molar-refractivity contribution is 9.10. The summed E-state index contributed by atoms with van der Waals surface area (Å²) in [4.78, 5) is 34.6. The van der Waals surface area contributed by atoms with Crippen LogP contribution < -0.4 is 0 Å². The van der Waals surface area contributed by atoms with Gasteiger partial charge in [-0.25, -0.2) is 0 Å². The molecule has 1 aromatic heterocycles. The second kappa shape index (κ2) is 10.9. The molecule has 3 heterocycles. The van der Waals surface area contributed by atoms with Crippen molar-refractivity contribution >= 4 is 39.1 Å². The van der Waals surface area contributed by atoms with E-state index < -0.39 is 0 Å². The van der Waals surface area contributed by atoms with Gasteiger partial charge in [0.2, 0.25) is 5.91 Å². The topological polar surface area (TPSA) is 43.9 Å². The lowest BCUT2D eigenvalue weighted by molar-refractivity contribution is -0.137. The van der Waals surface area contributed by atoms with Gasteiger partial charge in [-0.15, -0.1) is 11.3 Å². The number of carbonyl (C=O) groups excluding carboxylic acids is 2. The van der Waals surface area contributed by atoms with Gasteiger partial charge in [0.05, 0.1) is 12.1 Å². The van der Waals surface area contributed by atoms with Crippen LogP contribution in [0.1, 0.15) is 51.3 Å². The summed E-state index contributed by atoms with van der Waals surface area (Å²) >= 11 is 5.28. The van der Waals surface area contributed by atoms with Gasteiger partial charge in [0.25, 0.3) is 5.91 Å². The third-order valence-electron chi connectivity index (χ3n) is 7.51. The Balaban J connectivity index is 1.32. The number of fused-ring (bicyclic) bond motifs is 1. The van der Waals surface area contributed by atoms with Gasteiger partial charge in [0.15, 0.2) is 0 Å². The minimum atomic E-state index is -0.241. The van der Waals surface area contributed by atoms with Crippen LogP contribution in [-0.4, -0.2) is 65.3 Å². The first-order valence-corrected chi connectivity index (χ1v) is 14.3. The van der Waals surface area contributed by atoms with Crippen LogP contribution >= 0.6 is 27.3 Å². The van der Waals surface area contributed by atoms with Gasteiger partial charge in [0, 0.05) is 47.6 Å². The number of thiophene rings is 1. The lowest BCUT2D eigenvalue weighted by Gasteiger charge is -2.41. The third-order valence-corrected chi connectivity index (χ3v) is 9.00. The van der Waals surface area contributed by atoms with E-state index >= 15 is 0 Å². The normalized spacial score (nSPS) is 19.5. The van der Waals surface area contributed by atoms with Gasteiger partial charge >= 0.3 is 0 Å². The summed E-state index contributed by atoms with van der Waals surface area (Å²) in [6.45, 7) is 7.54. The number of benzene rings is 2. The molecule has 0 aliphatic carbocycles. The fourth-order valence-electron chi connectivity index (χ4n) is 5.54. The molecule has 2 unspecified atom stereocenters. The number of hydrogen-bond acceptors (Lipinski definition) is 4. The summed E-state index contributed by atoms with van der Waals surface area (Å²) in [5, 5.41) is 2.18. The molecule has 1 fully saturated rings. The maximum absolute atomic E-state index is 13.8. The predicted octanol–water partition coefficient (Wildman–Crippen LogP) is 5.53. The highest BCUT2D eigenvalue weighted by atomic mass is 79.9. The van der Waals surface area contributed by atoms with Crippen LogP contribution in [0, 0.1) is 6.92 Å². The van der Waals surface area contributed by atoms with Crippen LogP contribution in [0.3, 0.4) is 0 Å². The fraction of sp³-hybridized carbons (Fsp3) is 0.379. The molecule has 3 aromatic rings. The molecule has 0 bridgehead atoms. The molecular weight excluding hydrogens is 534 g/mol. The zero-order chi connectivity index (χ0) is 25.2.